The zero-order chi connectivity index (χ0) is 11.9. The van der Waals surface area contributed by atoms with E-state index in [4.69, 9.17) is 5.73 Å². The molecule has 0 aromatic rings. The lowest BCUT2D eigenvalue weighted by Gasteiger charge is -2.23. The molecule has 0 bridgehead atoms. The maximum absolute atomic E-state index is 11.0. The van der Waals surface area contributed by atoms with Crippen LogP contribution in [0.4, 0.5) is 0 Å². The van der Waals surface area contributed by atoms with E-state index < -0.39 is 5.41 Å². The highest BCUT2D eigenvalue weighted by molar-refractivity contribution is 5.80. The molecule has 0 aromatic heterocycles. The summed E-state index contributed by atoms with van der Waals surface area (Å²) in [5.41, 5.74) is 4.82. The fourth-order valence-corrected chi connectivity index (χ4v) is 1.27. The summed E-state index contributed by atoms with van der Waals surface area (Å²) in [6.07, 6.45) is 0. The number of rotatable bonds is 8. The second kappa shape index (κ2) is 6.80. The second-order valence-electron chi connectivity index (χ2n) is 4.45. The monoisotopic (exact) mass is 215 g/mol. The molecule has 0 aliphatic carbocycles. The van der Waals surface area contributed by atoms with Crippen molar-refractivity contribution < 1.29 is 4.79 Å². The van der Waals surface area contributed by atoms with Crippen molar-refractivity contribution in [1.29, 1.82) is 0 Å². The Bertz CT molecular complexity index is 188. The standard InChI is InChI=1S/C11H25N3O/c1-5-14(6-2)8-7-13-9-11(3,4)10(12)15/h13H,5-9H2,1-4H3,(H2,12,15). The average molecular weight is 215 g/mol. The first kappa shape index (κ1) is 14.4. The molecule has 4 heteroatoms. The van der Waals surface area contributed by atoms with E-state index in [2.05, 4.69) is 24.1 Å². The van der Waals surface area contributed by atoms with Crippen molar-refractivity contribution in [3.63, 3.8) is 0 Å². The van der Waals surface area contributed by atoms with E-state index in [0.717, 1.165) is 26.2 Å². The molecule has 4 nitrogen and oxygen atoms in total. The van der Waals surface area contributed by atoms with E-state index >= 15 is 0 Å². The molecule has 0 saturated carbocycles. The predicted octanol–water partition coefficient (Wildman–Crippen LogP) is 0.429. The molecule has 0 aliphatic heterocycles. The van der Waals surface area contributed by atoms with Gasteiger partial charge in [0.1, 0.15) is 0 Å². The van der Waals surface area contributed by atoms with Gasteiger partial charge in [-0.2, -0.15) is 0 Å². The number of nitrogens with two attached hydrogens (primary N) is 1. The van der Waals surface area contributed by atoms with E-state index in [-0.39, 0.29) is 5.91 Å². The summed E-state index contributed by atoms with van der Waals surface area (Å²) in [7, 11) is 0. The van der Waals surface area contributed by atoms with Gasteiger partial charge < -0.3 is 16.0 Å². The third-order valence-corrected chi connectivity index (χ3v) is 2.73. The smallest absolute Gasteiger partial charge is 0.224 e. The third kappa shape index (κ3) is 5.74. The molecule has 0 radical (unpaired) electrons. The summed E-state index contributed by atoms with van der Waals surface area (Å²) in [6.45, 7) is 12.7. The minimum Gasteiger partial charge on any atom is -0.369 e. The van der Waals surface area contributed by atoms with Crippen molar-refractivity contribution in [1.82, 2.24) is 10.2 Å². The average Bonchev–Trinajstić information content (AvgIpc) is 2.18. The lowest BCUT2D eigenvalue weighted by molar-refractivity contribution is -0.125. The second-order valence-corrected chi connectivity index (χ2v) is 4.45. The highest BCUT2D eigenvalue weighted by Gasteiger charge is 2.23. The Balaban J connectivity index is 3.66. The van der Waals surface area contributed by atoms with Gasteiger partial charge in [0.2, 0.25) is 5.91 Å². The van der Waals surface area contributed by atoms with Gasteiger partial charge in [-0.25, -0.2) is 0 Å². The number of nitrogens with zero attached hydrogens (tertiary/aromatic N) is 1. The van der Waals surface area contributed by atoms with Gasteiger partial charge in [0.15, 0.2) is 0 Å². The largest absolute Gasteiger partial charge is 0.369 e. The van der Waals surface area contributed by atoms with Crippen LogP contribution in [0.2, 0.25) is 0 Å². The van der Waals surface area contributed by atoms with Crippen molar-refractivity contribution in [2.75, 3.05) is 32.7 Å². The van der Waals surface area contributed by atoms with Gasteiger partial charge in [0.05, 0.1) is 5.41 Å². The fourth-order valence-electron chi connectivity index (χ4n) is 1.27. The van der Waals surface area contributed by atoms with E-state index in [1.807, 2.05) is 13.8 Å². The summed E-state index contributed by atoms with van der Waals surface area (Å²) in [5, 5.41) is 3.26. The van der Waals surface area contributed by atoms with Gasteiger partial charge in [-0.05, 0) is 26.9 Å². The highest BCUT2D eigenvalue weighted by Crippen LogP contribution is 2.11. The maximum atomic E-state index is 11.0. The quantitative estimate of drug-likeness (QED) is 0.577. The molecule has 0 atom stereocenters. The number of carbonyl (C=O) groups excluding carboxylic acids is 1. The lowest BCUT2D eigenvalue weighted by atomic mass is 9.93. The maximum Gasteiger partial charge on any atom is 0.224 e. The minimum atomic E-state index is -0.455. The van der Waals surface area contributed by atoms with E-state index in [0.29, 0.717) is 6.54 Å². The van der Waals surface area contributed by atoms with Crippen LogP contribution in [0.3, 0.4) is 0 Å². The van der Waals surface area contributed by atoms with Crippen molar-refractivity contribution in [3.8, 4) is 0 Å². The van der Waals surface area contributed by atoms with Crippen LogP contribution < -0.4 is 11.1 Å². The summed E-state index contributed by atoms with van der Waals surface area (Å²) in [6, 6.07) is 0. The van der Waals surface area contributed by atoms with Crippen molar-refractivity contribution in [2.45, 2.75) is 27.7 Å². The molecule has 0 aliphatic rings. The minimum absolute atomic E-state index is 0.252. The molecular formula is C11H25N3O. The zero-order valence-corrected chi connectivity index (χ0v) is 10.5. The van der Waals surface area contributed by atoms with Crippen LogP contribution in [0, 0.1) is 5.41 Å². The Morgan fingerprint density at radius 2 is 1.87 bits per heavy atom. The Hall–Kier alpha value is -0.610. The summed E-state index contributed by atoms with van der Waals surface area (Å²) in [5.74, 6) is -0.252. The molecule has 1 amide bonds. The molecule has 15 heavy (non-hydrogen) atoms. The van der Waals surface area contributed by atoms with Gasteiger partial charge in [0.25, 0.3) is 0 Å². The van der Waals surface area contributed by atoms with Crippen LogP contribution in [0.1, 0.15) is 27.7 Å². The van der Waals surface area contributed by atoms with Gasteiger partial charge in [-0.15, -0.1) is 0 Å². The zero-order valence-electron chi connectivity index (χ0n) is 10.5. The van der Waals surface area contributed by atoms with Crippen LogP contribution in [-0.4, -0.2) is 43.5 Å². The molecule has 3 N–H and O–H groups in total. The third-order valence-electron chi connectivity index (χ3n) is 2.73. The van der Waals surface area contributed by atoms with E-state index in [1.165, 1.54) is 0 Å². The van der Waals surface area contributed by atoms with Crippen molar-refractivity contribution >= 4 is 5.91 Å². The number of hydrogen-bond donors (Lipinski definition) is 2. The van der Waals surface area contributed by atoms with Crippen LogP contribution >= 0.6 is 0 Å². The first-order valence-corrected chi connectivity index (χ1v) is 5.67. The molecule has 0 aromatic carbocycles. The van der Waals surface area contributed by atoms with Crippen LogP contribution in [0.15, 0.2) is 0 Å². The molecule has 0 spiro atoms. The van der Waals surface area contributed by atoms with E-state index in [9.17, 15) is 4.79 Å². The summed E-state index contributed by atoms with van der Waals surface area (Å²) >= 11 is 0. The number of nitrogens with one attached hydrogen (secondary N) is 1. The Kier molecular flexibility index (Phi) is 6.52. The topological polar surface area (TPSA) is 58.4 Å². The number of hydrogen-bond acceptors (Lipinski definition) is 3. The number of likely N-dealkylation sites (N-methyl/N-ethyl adjacent to an activating group) is 1. The molecule has 0 fully saturated rings. The molecular weight excluding hydrogens is 190 g/mol. The normalized spacial score (nSPS) is 12.1. The van der Waals surface area contributed by atoms with Crippen LogP contribution in [0.25, 0.3) is 0 Å². The first-order valence-electron chi connectivity index (χ1n) is 5.67. The van der Waals surface area contributed by atoms with Gasteiger partial charge in [-0.1, -0.05) is 13.8 Å². The molecule has 0 saturated heterocycles. The molecule has 0 unspecified atom stereocenters. The molecule has 0 heterocycles. The summed E-state index contributed by atoms with van der Waals surface area (Å²) < 4.78 is 0. The van der Waals surface area contributed by atoms with E-state index in [1.54, 1.807) is 0 Å². The van der Waals surface area contributed by atoms with Crippen LogP contribution in [-0.2, 0) is 4.79 Å². The van der Waals surface area contributed by atoms with Crippen LogP contribution in [0.5, 0.6) is 0 Å². The van der Waals surface area contributed by atoms with Gasteiger partial charge >= 0.3 is 0 Å². The number of primary amides is 1. The summed E-state index contributed by atoms with van der Waals surface area (Å²) in [4.78, 5) is 13.4. The number of carbonyl (C=O) groups is 1. The van der Waals surface area contributed by atoms with Crippen molar-refractivity contribution in [3.05, 3.63) is 0 Å². The Morgan fingerprint density at radius 1 is 1.33 bits per heavy atom. The SMILES string of the molecule is CCN(CC)CCNCC(C)(C)C(N)=O. The van der Waals surface area contributed by atoms with Gasteiger partial charge in [0, 0.05) is 19.6 Å². The van der Waals surface area contributed by atoms with Gasteiger partial charge in [-0.3, -0.25) is 4.79 Å². The highest BCUT2D eigenvalue weighted by atomic mass is 16.1. The molecule has 0 rings (SSSR count). The Morgan fingerprint density at radius 3 is 2.27 bits per heavy atom. The fraction of sp³-hybridized carbons (Fsp3) is 0.909. The molecule has 90 valence electrons. The Labute approximate surface area is 93.2 Å². The first-order chi connectivity index (χ1) is 6.94. The number of amides is 1. The predicted molar refractivity (Wildman–Crippen MR) is 63.6 cm³/mol. The lowest BCUT2D eigenvalue weighted by Crippen LogP contribution is -2.42. The van der Waals surface area contributed by atoms with Crippen molar-refractivity contribution in [2.24, 2.45) is 11.1 Å².